The summed E-state index contributed by atoms with van der Waals surface area (Å²) in [7, 11) is 1.47. The van der Waals surface area contributed by atoms with Gasteiger partial charge in [0, 0.05) is 24.4 Å². The van der Waals surface area contributed by atoms with Gasteiger partial charge in [-0.2, -0.15) is 0 Å². The molecule has 2 aromatic rings. The van der Waals surface area contributed by atoms with Gasteiger partial charge < -0.3 is 9.47 Å². The highest BCUT2D eigenvalue weighted by Gasteiger charge is 2.20. The van der Waals surface area contributed by atoms with Crippen LogP contribution in [0.2, 0.25) is 0 Å². The number of carbonyl (C=O) groups is 1. The molecule has 0 atom stereocenters. The van der Waals surface area contributed by atoms with Crippen LogP contribution in [0.4, 0.5) is 0 Å². The topological polar surface area (TPSA) is 61.3 Å². The molecule has 1 aliphatic heterocycles. The van der Waals surface area contributed by atoms with Crippen molar-refractivity contribution in [3.63, 3.8) is 0 Å². The fourth-order valence-electron chi connectivity index (χ4n) is 2.09. The molecule has 5 heteroatoms. The van der Waals surface area contributed by atoms with Gasteiger partial charge in [0.1, 0.15) is 5.75 Å². The number of rotatable bonds is 3. The van der Waals surface area contributed by atoms with E-state index in [9.17, 15) is 4.79 Å². The molecule has 0 N–H and O–H groups in total. The Morgan fingerprint density at radius 2 is 2.16 bits per heavy atom. The molecule has 0 saturated carbocycles. The molecular weight excluding hydrogens is 244 g/mol. The van der Waals surface area contributed by atoms with E-state index < -0.39 is 0 Å². The maximum absolute atomic E-state index is 12.4. The predicted octanol–water partition coefficient (Wildman–Crippen LogP) is 1.65. The van der Waals surface area contributed by atoms with Gasteiger partial charge >= 0.3 is 0 Å². The van der Waals surface area contributed by atoms with E-state index in [0.29, 0.717) is 12.2 Å². The molecule has 1 aromatic heterocycles. The quantitative estimate of drug-likeness (QED) is 0.781. The Kier molecular flexibility index (Phi) is 2.87. The summed E-state index contributed by atoms with van der Waals surface area (Å²) in [4.78, 5) is 20.4. The summed E-state index contributed by atoms with van der Waals surface area (Å²) in [5.41, 5.74) is 1.85. The van der Waals surface area contributed by atoms with Crippen LogP contribution in [0, 0.1) is 0 Å². The Bertz CT molecular complexity index is 640. The van der Waals surface area contributed by atoms with E-state index in [1.807, 2.05) is 12.1 Å². The number of fused-ring (bicyclic) bond motifs is 1. The standard InChI is InChI=1S/C14H12N2O3/c1-18-14-12(15-5-6-16-14)13(17)10-2-3-11-9(8-10)4-7-19-11/h2-3,5-6,8H,4,7H2,1H3. The van der Waals surface area contributed by atoms with Gasteiger partial charge in [-0.25, -0.2) is 9.97 Å². The molecular formula is C14H12N2O3. The monoisotopic (exact) mass is 256 g/mol. The lowest BCUT2D eigenvalue weighted by Crippen LogP contribution is -2.08. The molecule has 5 nitrogen and oxygen atoms in total. The minimum atomic E-state index is -0.195. The summed E-state index contributed by atoms with van der Waals surface area (Å²) >= 11 is 0. The number of hydrogen-bond acceptors (Lipinski definition) is 5. The average molecular weight is 256 g/mol. The van der Waals surface area contributed by atoms with Crippen molar-refractivity contribution in [1.82, 2.24) is 9.97 Å². The number of ether oxygens (including phenoxy) is 2. The third-order valence-corrected chi connectivity index (χ3v) is 3.02. The van der Waals surface area contributed by atoms with E-state index in [4.69, 9.17) is 9.47 Å². The summed E-state index contributed by atoms with van der Waals surface area (Å²) in [6.07, 6.45) is 3.80. The molecule has 0 unspecified atom stereocenters. The number of nitrogens with zero attached hydrogens (tertiary/aromatic N) is 2. The van der Waals surface area contributed by atoms with E-state index in [2.05, 4.69) is 9.97 Å². The van der Waals surface area contributed by atoms with Crippen LogP contribution in [-0.4, -0.2) is 29.5 Å². The second-order valence-corrected chi connectivity index (χ2v) is 4.16. The average Bonchev–Trinajstić information content (AvgIpc) is 2.93. The molecule has 0 radical (unpaired) electrons. The Morgan fingerprint density at radius 1 is 1.32 bits per heavy atom. The van der Waals surface area contributed by atoms with Gasteiger partial charge in [-0.15, -0.1) is 0 Å². The van der Waals surface area contributed by atoms with Crippen molar-refractivity contribution in [3.8, 4) is 11.6 Å². The van der Waals surface area contributed by atoms with E-state index in [1.165, 1.54) is 19.5 Å². The van der Waals surface area contributed by atoms with Crippen molar-refractivity contribution in [1.29, 1.82) is 0 Å². The van der Waals surface area contributed by atoms with Crippen LogP contribution in [0.1, 0.15) is 21.6 Å². The number of hydrogen-bond donors (Lipinski definition) is 0. The molecule has 1 aliphatic rings. The molecule has 96 valence electrons. The van der Waals surface area contributed by atoms with Crippen LogP contribution in [0.15, 0.2) is 30.6 Å². The van der Waals surface area contributed by atoms with Crippen LogP contribution in [0.3, 0.4) is 0 Å². The lowest BCUT2D eigenvalue weighted by atomic mass is 10.0. The van der Waals surface area contributed by atoms with Gasteiger partial charge in [0.2, 0.25) is 11.7 Å². The number of ketones is 1. The molecule has 0 amide bonds. The lowest BCUT2D eigenvalue weighted by Gasteiger charge is -2.06. The van der Waals surface area contributed by atoms with Crippen LogP contribution in [0.25, 0.3) is 0 Å². The highest BCUT2D eigenvalue weighted by atomic mass is 16.5. The van der Waals surface area contributed by atoms with Crippen molar-refractivity contribution >= 4 is 5.78 Å². The summed E-state index contributed by atoms with van der Waals surface area (Å²) in [5, 5.41) is 0. The number of carbonyl (C=O) groups excluding carboxylic acids is 1. The first-order valence-corrected chi connectivity index (χ1v) is 5.95. The van der Waals surface area contributed by atoms with Crippen molar-refractivity contribution in [3.05, 3.63) is 47.4 Å². The fraction of sp³-hybridized carbons (Fsp3) is 0.214. The van der Waals surface area contributed by atoms with Crippen molar-refractivity contribution in [2.45, 2.75) is 6.42 Å². The Labute approximate surface area is 110 Å². The van der Waals surface area contributed by atoms with Crippen molar-refractivity contribution < 1.29 is 14.3 Å². The van der Waals surface area contributed by atoms with Crippen LogP contribution in [-0.2, 0) is 6.42 Å². The Morgan fingerprint density at radius 3 is 3.00 bits per heavy atom. The highest BCUT2D eigenvalue weighted by Crippen LogP contribution is 2.27. The summed E-state index contributed by atoms with van der Waals surface area (Å²) in [5.74, 6) is 0.895. The smallest absolute Gasteiger partial charge is 0.243 e. The Balaban J connectivity index is 2.00. The summed E-state index contributed by atoms with van der Waals surface area (Å²) in [6.45, 7) is 0.668. The van der Waals surface area contributed by atoms with E-state index in [-0.39, 0.29) is 17.4 Å². The van der Waals surface area contributed by atoms with E-state index >= 15 is 0 Å². The molecule has 0 fully saturated rings. The molecule has 2 heterocycles. The Hall–Kier alpha value is -2.43. The minimum Gasteiger partial charge on any atom is -0.493 e. The second-order valence-electron chi connectivity index (χ2n) is 4.16. The van der Waals surface area contributed by atoms with Gasteiger partial charge in [-0.3, -0.25) is 4.79 Å². The first kappa shape index (κ1) is 11.6. The summed E-state index contributed by atoms with van der Waals surface area (Å²) < 4.78 is 10.5. The zero-order chi connectivity index (χ0) is 13.2. The minimum absolute atomic E-state index is 0.195. The van der Waals surface area contributed by atoms with Gasteiger partial charge in [0.05, 0.1) is 13.7 Å². The van der Waals surface area contributed by atoms with Crippen molar-refractivity contribution in [2.75, 3.05) is 13.7 Å². The van der Waals surface area contributed by atoms with Gasteiger partial charge in [-0.05, 0) is 23.8 Å². The molecule has 1 aromatic carbocycles. The maximum Gasteiger partial charge on any atom is 0.243 e. The fourth-order valence-corrected chi connectivity index (χ4v) is 2.09. The van der Waals surface area contributed by atoms with Crippen molar-refractivity contribution in [2.24, 2.45) is 0 Å². The van der Waals surface area contributed by atoms with Crippen LogP contribution < -0.4 is 9.47 Å². The lowest BCUT2D eigenvalue weighted by molar-refractivity contribution is 0.103. The first-order chi connectivity index (χ1) is 9.29. The molecule has 0 saturated heterocycles. The number of aromatic nitrogens is 2. The first-order valence-electron chi connectivity index (χ1n) is 5.95. The third-order valence-electron chi connectivity index (χ3n) is 3.02. The third kappa shape index (κ3) is 2.03. The normalized spacial score (nSPS) is 12.7. The maximum atomic E-state index is 12.4. The SMILES string of the molecule is COc1nccnc1C(=O)c1ccc2c(c1)CCO2. The van der Waals surface area contributed by atoms with Crippen LogP contribution >= 0.6 is 0 Å². The zero-order valence-electron chi connectivity index (χ0n) is 10.4. The second kappa shape index (κ2) is 4.68. The molecule has 3 rings (SSSR count). The molecule has 0 bridgehead atoms. The molecule has 19 heavy (non-hydrogen) atoms. The predicted molar refractivity (Wildman–Crippen MR) is 67.7 cm³/mol. The van der Waals surface area contributed by atoms with E-state index in [0.717, 1.165) is 17.7 Å². The van der Waals surface area contributed by atoms with Crippen LogP contribution in [0.5, 0.6) is 11.6 Å². The van der Waals surface area contributed by atoms with Gasteiger partial charge in [-0.1, -0.05) is 0 Å². The zero-order valence-corrected chi connectivity index (χ0v) is 10.4. The van der Waals surface area contributed by atoms with Gasteiger partial charge in [0.25, 0.3) is 0 Å². The highest BCUT2D eigenvalue weighted by molar-refractivity contribution is 6.09. The summed E-state index contributed by atoms with van der Waals surface area (Å²) in [6, 6.07) is 5.40. The van der Waals surface area contributed by atoms with E-state index in [1.54, 1.807) is 6.07 Å². The molecule has 0 aliphatic carbocycles. The van der Waals surface area contributed by atoms with Gasteiger partial charge in [0.15, 0.2) is 5.69 Å². The number of benzene rings is 1. The largest absolute Gasteiger partial charge is 0.493 e. The molecule has 0 spiro atoms. The number of methoxy groups -OCH3 is 1.